The van der Waals surface area contributed by atoms with Crippen LogP contribution < -0.4 is 0 Å². The maximum absolute atomic E-state index is 4.79. The molecule has 0 spiro atoms. The number of nitrogens with zero attached hydrogens (tertiary/aromatic N) is 2. The number of aromatic nitrogens is 2. The van der Waals surface area contributed by atoms with Gasteiger partial charge < -0.3 is 4.40 Å². The summed E-state index contributed by atoms with van der Waals surface area (Å²) in [5, 5.41) is 0. The molecule has 0 N–H and O–H groups in total. The summed E-state index contributed by atoms with van der Waals surface area (Å²) >= 11 is 7.13. The Morgan fingerprint density at radius 1 is 1.21 bits per heavy atom. The van der Waals surface area contributed by atoms with Crippen LogP contribution in [0.15, 0.2) is 39.4 Å². The van der Waals surface area contributed by atoms with E-state index in [1.54, 1.807) is 0 Å². The van der Waals surface area contributed by atoms with Crippen molar-refractivity contribution in [1.29, 1.82) is 0 Å². The van der Waals surface area contributed by atoms with E-state index in [0.717, 1.165) is 26.7 Å². The summed E-state index contributed by atoms with van der Waals surface area (Å²) in [5.74, 6) is 0. The molecule has 0 bridgehead atoms. The summed E-state index contributed by atoms with van der Waals surface area (Å²) in [6.07, 6.45) is 3.07. The maximum Gasteiger partial charge on any atom is 0.138 e. The Labute approximate surface area is 127 Å². The van der Waals surface area contributed by atoms with Crippen molar-refractivity contribution < 1.29 is 0 Å². The van der Waals surface area contributed by atoms with E-state index < -0.39 is 0 Å². The lowest BCUT2D eigenvalue weighted by atomic mass is 10.1. The SMILES string of the molecule is Cc1cc2nc3c(n2cc1Br)Cc1cc(Br)ccc1-3. The first-order valence-corrected chi connectivity index (χ1v) is 7.68. The second-order valence-corrected chi connectivity index (χ2v) is 6.69. The van der Waals surface area contributed by atoms with E-state index in [9.17, 15) is 0 Å². The number of rotatable bonds is 0. The van der Waals surface area contributed by atoms with Crippen LogP contribution in [0, 0.1) is 6.92 Å². The quantitative estimate of drug-likeness (QED) is 0.432. The highest BCUT2D eigenvalue weighted by Gasteiger charge is 2.24. The third kappa shape index (κ3) is 1.63. The first-order valence-electron chi connectivity index (χ1n) is 6.09. The van der Waals surface area contributed by atoms with Crippen molar-refractivity contribution in [3.63, 3.8) is 0 Å². The van der Waals surface area contributed by atoms with Crippen molar-refractivity contribution in [2.75, 3.05) is 0 Å². The number of benzene rings is 1. The molecular formula is C15H10Br2N2. The monoisotopic (exact) mass is 376 g/mol. The average molecular weight is 378 g/mol. The highest BCUT2D eigenvalue weighted by atomic mass is 79.9. The van der Waals surface area contributed by atoms with Crippen LogP contribution in [0.25, 0.3) is 16.9 Å². The van der Waals surface area contributed by atoms with Crippen LogP contribution in [0.5, 0.6) is 0 Å². The maximum atomic E-state index is 4.79. The molecule has 3 aromatic rings. The minimum Gasteiger partial charge on any atom is -0.302 e. The molecule has 2 aromatic heterocycles. The molecule has 0 saturated carbocycles. The molecule has 0 saturated heterocycles. The van der Waals surface area contributed by atoms with E-state index in [2.05, 4.69) is 73.6 Å². The third-order valence-corrected chi connectivity index (χ3v) is 5.01. The van der Waals surface area contributed by atoms with Crippen LogP contribution in [-0.4, -0.2) is 9.38 Å². The van der Waals surface area contributed by atoms with Crippen LogP contribution in [0.3, 0.4) is 0 Å². The minimum atomic E-state index is 0.945. The molecule has 0 fully saturated rings. The van der Waals surface area contributed by atoms with Gasteiger partial charge in [0, 0.05) is 27.1 Å². The molecule has 1 aromatic carbocycles. The van der Waals surface area contributed by atoms with Crippen LogP contribution >= 0.6 is 31.9 Å². The molecule has 2 nitrogen and oxygen atoms in total. The summed E-state index contributed by atoms with van der Waals surface area (Å²) < 4.78 is 4.44. The van der Waals surface area contributed by atoms with Gasteiger partial charge in [0.25, 0.3) is 0 Å². The zero-order valence-electron chi connectivity index (χ0n) is 10.2. The number of aryl methyl sites for hydroxylation is 1. The van der Waals surface area contributed by atoms with Crippen molar-refractivity contribution >= 4 is 37.5 Å². The van der Waals surface area contributed by atoms with Crippen molar-refractivity contribution in [1.82, 2.24) is 9.38 Å². The summed E-state index contributed by atoms with van der Waals surface area (Å²) in [4.78, 5) is 4.79. The zero-order chi connectivity index (χ0) is 13.1. The Balaban J connectivity index is 2.04. The molecule has 1 aliphatic carbocycles. The van der Waals surface area contributed by atoms with Crippen LogP contribution in [0.1, 0.15) is 16.8 Å². The summed E-state index contributed by atoms with van der Waals surface area (Å²) in [6.45, 7) is 2.09. The Hall–Kier alpha value is -1.13. The van der Waals surface area contributed by atoms with Gasteiger partial charge in [-0.2, -0.15) is 0 Å². The summed E-state index contributed by atoms with van der Waals surface area (Å²) in [7, 11) is 0. The van der Waals surface area contributed by atoms with E-state index >= 15 is 0 Å². The molecule has 2 heterocycles. The lowest BCUT2D eigenvalue weighted by Gasteiger charge is -2.03. The van der Waals surface area contributed by atoms with Gasteiger partial charge in [0.15, 0.2) is 0 Å². The van der Waals surface area contributed by atoms with Crippen molar-refractivity contribution in [3.05, 3.63) is 56.2 Å². The fourth-order valence-electron chi connectivity index (χ4n) is 2.71. The first-order chi connectivity index (χ1) is 9.13. The van der Waals surface area contributed by atoms with Gasteiger partial charge in [-0.1, -0.05) is 22.0 Å². The second-order valence-electron chi connectivity index (χ2n) is 4.92. The zero-order valence-corrected chi connectivity index (χ0v) is 13.4. The Morgan fingerprint density at radius 3 is 2.89 bits per heavy atom. The van der Waals surface area contributed by atoms with Gasteiger partial charge >= 0.3 is 0 Å². The van der Waals surface area contributed by atoms with E-state index in [0.29, 0.717) is 0 Å². The van der Waals surface area contributed by atoms with Gasteiger partial charge in [-0.25, -0.2) is 4.98 Å². The van der Waals surface area contributed by atoms with Crippen molar-refractivity contribution in [3.8, 4) is 11.3 Å². The van der Waals surface area contributed by atoms with Gasteiger partial charge in [0.05, 0.1) is 11.4 Å². The predicted octanol–water partition coefficient (Wildman–Crippen LogP) is 4.74. The molecule has 1 aliphatic rings. The van der Waals surface area contributed by atoms with E-state index in [-0.39, 0.29) is 0 Å². The Bertz CT molecular complexity index is 834. The molecule has 4 rings (SSSR count). The number of pyridine rings is 1. The van der Waals surface area contributed by atoms with E-state index in [4.69, 9.17) is 4.98 Å². The number of imidazole rings is 1. The van der Waals surface area contributed by atoms with E-state index in [1.807, 2.05) is 0 Å². The fraction of sp³-hybridized carbons (Fsp3) is 0.133. The van der Waals surface area contributed by atoms with Gasteiger partial charge in [0.2, 0.25) is 0 Å². The standard InChI is InChI=1S/C15H10Br2N2/c1-8-4-14-18-15-11-3-2-10(16)5-9(11)6-13(15)19(14)7-12(8)17/h2-5,7H,6H2,1H3. The highest BCUT2D eigenvalue weighted by molar-refractivity contribution is 9.10. The van der Waals surface area contributed by atoms with Gasteiger partial charge in [-0.15, -0.1) is 0 Å². The topological polar surface area (TPSA) is 17.3 Å². The van der Waals surface area contributed by atoms with Gasteiger partial charge in [-0.05, 0) is 52.2 Å². The minimum absolute atomic E-state index is 0.945. The summed E-state index contributed by atoms with van der Waals surface area (Å²) in [6, 6.07) is 8.55. The third-order valence-electron chi connectivity index (χ3n) is 3.68. The molecule has 0 unspecified atom stereocenters. The normalized spacial score (nSPS) is 12.8. The molecular weight excluding hydrogens is 368 g/mol. The number of hydrogen-bond donors (Lipinski definition) is 0. The van der Waals surface area contributed by atoms with Crippen molar-refractivity contribution in [2.24, 2.45) is 0 Å². The highest BCUT2D eigenvalue weighted by Crippen LogP contribution is 2.38. The average Bonchev–Trinajstić information content (AvgIpc) is 2.86. The number of hydrogen-bond acceptors (Lipinski definition) is 1. The molecule has 0 aliphatic heterocycles. The van der Waals surface area contributed by atoms with Crippen LogP contribution in [0.4, 0.5) is 0 Å². The molecule has 0 amide bonds. The predicted molar refractivity (Wildman–Crippen MR) is 83.6 cm³/mol. The molecule has 0 radical (unpaired) electrons. The van der Waals surface area contributed by atoms with Gasteiger partial charge in [0.1, 0.15) is 5.65 Å². The Morgan fingerprint density at radius 2 is 2.05 bits per heavy atom. The molecule has 0 atom stereocenters. The lowest BCUT2D eigenvalue weighted by Crippen LogP contribution is -1.93. The van der Waals surface area contributed by atoms with Crippen LogP contribution in [0.2, 0.25) is 0 Å². The number of halogens is 2. The lowest BCUT2D eigenvalue weighted by molar-refractivity contribution is 1.04. The van der Waals surface area contributed by atoms with E-state index in [1.165, 1.54) is 22.4 Å². The smallest absolute Gasteiger partial charge is 0.138 e. The first kappa shape index (κ1) is 11.7. The molecule has 94 valence electrons. The fourth-order valence-corrected chi connectivity index (χ4v) is 3.44. The molecule has 19 heavy (non-hydrogen) atoms. The Kier molecular flexibility index (Phi) is 2.42. The largest absolute Gasteiger partial charge is 0.302 e. The molecule has 4 heteroatoms. The van der Waals surface area contributed by atoms with Crippen molar-refractivity contribution in [2.45, 2.75) is 13.3 Å². The summed E-state index contributed by atoms with van der Waals surface area (Å²) in [5.41, 5.74) is 7.25. The van der Waals surface area contributed by atoms with Gasteiger partial charge in [-0.3, -0.25) is 0 Å². The number of fused-ring (bicyclic) bond motifs is 5. The second kappa shape index (κ2) is 3.93. The van der Waals surface area contributed by atoms with Crippen LogP contribution in [-0.2, 0) is 6.42 Å².